The Labute approximate surface area is 106 Å². The molecule has 1 amide bonds. The molecule has 0 aliphatic carbocycles. The highest BCUT2D eigenvalue weighted by atomic mass is 16.5. The fourth-order valence-corrected chi connectivity index (χ4v) is 1.98. The van der Waals surface area contributed by atoms with Crippen molar-refractivity contribution in [1.82, 2.24) is 4.90 Å². The summed E-state index contributed by atoms with van der Waals surface area (Å²) in [6.07, 6.45) is 0. The molecule has 0 spiro atoms. The lowest BCUT2D eigenvalue weighted by atomic mass is 10.0. The van der Waals surface area contributed by atoms with Gasteiger partial charge in [-0.3, -0.25) is 4.79 Å². The molecule has 0 radical (unpaired) electrons. The van der Waals surface area contributed by atoms with Crippen LogP contribution in [0.2, 0.25) is 0 Å². The topological polar surface area (TPSA) is 70.0 Å². The smallest absolute Gasteiger partial charge is 0.249 e. The van der Waals surface area contributed by atoms with Gasteiger partial charge in [0.1, 0.15) is 18.0 Å². The van der Waals surface area contributed by atoms with Gasteiger partial charge >= 0.3 is 0 Å². The molecule has 1 aromatic rings. The number of phenols is 1. The molecule has 1 aromatic carbocycles. The van der Waals surface area contributed by atoms with Crippen LogP contribution in [0, 0.1) is 0 Å². The zero-order chi connectivity index (χ0) is 13.2. The van der Waals surface area contributed by atoms with Crippen LogP contribution >= 0.6 is 0 Å². The summed E-state index contributed by atoms with van der Waals surface area (Å²) >= 11 is 0. The zero-order valence-corrected chi connectivity index (χ0v) is 10.3. The summed E-state index contributed by atoms with van der Waals surface area (Å²) in [6.45, 7) is 2.38. The lowest BCUT2D eigenvalue weighted by Gasteiger charge is -2.39. The predicted molar refractivity (Wildman–Crippen MR) is 65.0 cm³/mol. The molecule has 5 heteroatoms. The zero-order valence-electron chi connectivity index (χ0n) is 10.3. The minimum atomic E-state index is -0.704. The van der Waals surface area contributed by atoms with Crippen LogP contribution in [0.5, 0.6) is 5.75 Å². The SMILES string of the molecule is CC1(CO)CN(Cc2cccc(O)c2)C(=O)CO1. The van der Waals surface area contributed by atoms with Crippen LogP contribution in [-0.4, -0.2) is 46.4 Å². The van der Waals surface area contributed by atoms with Crippen molar-refractivity contribution in [3.05, 3.63) is 29.8 Å². The summed E-state index contributed by atoms with van der Waals surface area (Å²) in [5.41, 5.74) is 0.149. The number of aromatic hydroxyl groups is 1. The minimum absolute atomic E-state index is 0.0180. The van der Waals surface area contributed by atoms with Gasteiger partial charge in [0.15, 0.2) is 0 Å². The van der Waals surface area contributed by atoms with Crippen molar-refractivity contribution in [3.63, 3.8) is 0 Å². The van der Waals surface area contributed by atoms with Crippen LogP contribution in [-0.2, 0) is 16.1 Å². The Hall–Kier alpha value is -1.59. The monoisotopic (exact) mass is 251 g/mol. The largest absolute Gasteiger partial charge is 0.508 e. The quantitative estimate of drug-likeness (QED) is 0.821. The number of ether oxygens (including phenoxy) is 1. The Bertz CT molecular complexity index is 448. The van der Waals surface area contributed by atoms with Gasteiger partial charge < -0.3 is 19.8 Å². The number of amides is 1. The van der Waals surface area contributed by atoms with Crippen LogP contribution in [0.4, 0.5) is 0 Å². The molecule has 5 nitrogen and oxygen atoms in total. The molecule has 0 saturated carbocycles. The second-order valence-corrected chi connectivity index (χ2v) is 4.82. The molecule has 2 rings (SSSR count). The lowest BCUT2D eigenvalue weighted by molar-refractivity contribution is -0.167. The number of phenolic OH excluding ortho intramolecular Hbond substituents is 1. The van der Waals surface area contributed by atoms with Gasteiger partial charge in [-0.1, -0.05) is 12.1 Å². The number of nitrogens with zero attached hydrogens (tertiary/aromatic N) is 1. The van der Waals surface area contributed by atoms with Crippen molar-refractivity contribution < 1.29 is 19.7 Å². The molecule has 1 heterocycles. The van der Waals surface area contributed by atoms with Gasteiger partial charge in [0.05, 0.1) is 13.2 Å². The third kappa shape index (κ3) is 2.80. The standard InChI is InChI=1S/C13H17NO4/c1-13(9-15)8-14(12(17)7-18-13)6-10-3-2-4-11(16)5-10/h2-5,15-16H,6-9H2,1H3. The summed E-state index contributed by atoms with van der Waals surface area (Å²) in [6, 6.07) is 6.79. The van der Waals surface area contributed by atoms with Crippen molar-refractivity contribution in [1.29, 1.82) is 0 Å². The second kappa shape index (κ2) is 4.96. The molecule has 1 atom stereocenters. The number of aliphatic hydroxyl groups is 1. The van der Waals surface area contributed by atoms with Crippen molar-refractivity contribution in [2.24, 2.45) is 0 Å². The van der Waals surface area contributed by atoms with E-state index < -0.39 is 5.60 Å². The van der Waals surface area contributed by atoms with Gasteiger partial charge in [-0.2, -0.15) is 0 Å². The summed E-state index contributed by atoms with van der Waals surface area (Å²) in [5.74, 6) is 0.0717. The maximum absolute atomic E-state index is 11.7. The van der Waals surface area contributed by atoms with E-state index in [0.29, 0.717) is 13.1 Å². The van der Waals surface area contributed by atoms with Crippen LogP contribution in [0.15, 0.2) is 24.3 Å². The molecule has 1 aliphatic heterocycles. The van der Waals surface area contributed by atoms with Crippen LogP contribution in [0.25, 0.3) is 0 Å². The maximum atomic E-state index is 11.7. The number of aliphatic hydroxyl groups excluding tert-OH is 1. The second-order valence-electron chi connectivity index (χ2n) is 4.82. The van der Waals surface area contributed by atoms with Gasteiger partial charge in [0.25, 0.3) is 0 Å². The van der Waals surface area contributed by atoms with Gasteiger partial charge in [-0.25, -0.2) is 0 Å². The normalized spacial score (nSPS) is 24.3. The molecule has 18 heavy (non-hydrogen) atoms. The minimum Gasteiger partial charge on any atom is -0.508 e. The Morgan fingerprint density at radius 3 is 2.94 bits per heavy atom. The molecule has 1 unspecified atom stereocenters. The van der Waals surface area contributed by atoms with Crippen LogP contribution in [0.3, 0.4) is 0 Å². The number of benzene rings is 1. The average Bonchev–Trinajstić information content (AvgIpc) is 2.34. The van der Waals surface area contributed by atoms with Gasteiger partial charge in [0, 0.05) is 6.54 Å². The molecule has 98 valence electrons. The average molecular weight is 251 g/mol. The van der Waals surface area contributed by atoms with E-state index in [4.69, 9.17) is 4.74 Å². The van der Waals surface area contributed by atoms with E-state index in [-0.39, 0.29) is 24.9 Å². The van der Waals surface area contributed by atoms with Crippen molar-refractivity contribution >= 4 is 5.91 Å². The van der Waals surface area contributed by atoms with Gasteiger partial charge in [0.2, 0.25) is 5.91 Å². The Kier molecular flexibility index (Phi) is 3.54. The highest BCUT2D eigenvalue weighted by Gasteiger charge is 2.35. The van der Waals surface area contributed by atoms with E-state index in [2.05, 4.69) is 0 Å². The van der Waals surface area contributed by atoms with Crippen molar-refractivity contribution in [2.45, 2.75) is 19.1 Å². The fourth-order valence-electron chi connectivity index (χ4n) is 1.98. The first-order valence-electron chi connectivity index (χ1n) is 5.83. The Morgan fingerprint density at radius 1 is 1.50 bits per heavy atom. The highest BCUT2D eigenvalue weighted by Crippen LogP contribution is 2.20. The van der Waals surface area contributed by atoms with Gasteiger partial charge in [-0.05, 0) is 24.6 Å². The van der Waals surface area contributed by atoms with Crippen molar-refractivity contribution in [2.75, 3.05) is 19.8 Å². The molecular formula is C13H17NO4. The van der Waals surface area contributed by atoms with E-state index in [1.807, 2.05) is 6.07 Å². The van der Waals surface area contributed by atoms with Crippen LogP contribution < -0.4 is 0 Å². The number of hydrogen-bond donors (Lipinski definition) is 2. The summed E-state index contributed by atoms with van der Waals surface area (Å²) in [5, 5.41) is 18.7. The van der Waals surface area contributed by atoms with E-state index >= 15 is 0 Å². The highest BCUT2D eigenvalue weighted by molar-refractivity contribution is 5.78. The number of hydrogen-bond acceptors (Lipinski definition) is 4. The van der Waals surface area contributed by atoms with E-state index in [1.54, 1.807) is 30.0 Å². The third-order valence-electron chi connectivity index (χ3n) is 3.04. The molecule has 0 aromatic heterocycles. The summed E-state index contributed by atoms with van der Waals surface area (Å²) < 4.78 is 5.33. The molecule has 1 fully saturated rings. The molecular weight excluding hydrogens is 234 g/mol. The Balaban J connectivity index is 2.09. The summed E-state index contributed by atoms with van der Waals surface area (Å²) in [4.78, 5) is 13.4. The third-order valence-corrected chi connectivity index (χ3v) is 3.04. The molecule has 2 N–H and O–H groups in total. The van der Waals surface area contributed by atoms with E-state index in [9.17, 15) is 15.0 Å². The first-order valence-corrected chi connectivity index (χ1v) is 5.83. The first-order chi connectivity index (χ1) is 8.52. The van der Waals surface area contributed by atoms with E-state index in [1.165, 1.54) is 0 Å². The van der Waals surface area contributed by atoms with E-state index in [0.717, 1.165) is 5.56 Å². The summed E-state index contributed by atoms with van der Waals surface area (Å²) in [7, 11) is 0. The number of carbonyl (C=O) groups excluding carboxylic acids is 1. The Morgan fingerprint density at radius 2 is 2.28 bits per heavy atom. The predicted octanol–water partition coefficient (Wildman–Crippen LogP) is 0.502. The van der Waals surface area contributed by atoms with Gasteiger partial charge in [-0.15, -0.1) is 0 Å². The lowest BCUT2D eigenvalue weighted by Crippen LogP contribution is -2.54. The number of morpholine rings is 1. The molecule has 1 saturated heterocycles. The number of carbonyl (C=O) groups is 1. The van der Waals surface area contributed by atoms with Crippen molar-refractivity contribution in [3.8, 4) is 5.75 Å². The van der Waals surface area contributed by atoms with Crippen LogP contribution in [0.1, 0.15) is 12.5 Å². The molecule has 0 bridgehead atoms. The fraction of sp³-hybridized carbons (Fsp3) is 0.462. The maximum Gasteiger partial charge on any atom is 0.249 e. The number of rotatable bonds is 3. The first kappa shape index (κ1) is 12.9. The molecule has 1 aliphatic rings.